The first-order chi connectivity index (χ1) is 9.20. The van der Waals surface area contributed by atoms with E-state index in [1.54, 1.807) is 0 Å². The summed E-state index contributed by atoms with van der Waals surface area (Å²) in [6.07, 6.45) is -11.5. The van der Waals surface area contributed by atoms with Crippen molar-refractivity contribution in [3.63, 3.8) is 0 Å². The van der Waals surface area contributed by atoms with E-state index in [4.69, 9.17) is 10.2 Å². The average Bonchev–Trinajstić information content (AvgIpc) is 2.32. The molecular weight excluding hydrogens is 323 g/mol. The molecule has 0 amide bonds. The lowest BCUT2D eigenvalue weighted by Gasteiger charge is -2.33. The molecule has 0 fully saturated rings. The van der Waals surface area contributed by atoms with Gasteiger partial charge in [0.25, 0.3) is 0 Å². The van der Waals surface area contributed by atoms with Gasteiger partial charge in [0.1, 0.15) is 0 Å². The van der Waals surface area contributed by atoms with Gasteiger partial charge in [0.05, 0.1) is 12.7 Å². The molecule has 1 unspecified atom stereocenters. The molecule has 0 aromatic rings. The minimum atomic E-state index is -6.87. The van der Waals surface area contributed by atoms with E-state index < -0.39 is 49.5 Å². The molecule has 0 saturated heterocycles. The van der Waals surface area contributed by atoms with Gasteiger partial charge >= 0.3 is 23.9 Å². The highest BCUT2D eigenvalue weighted by atomic mass is 19.4. The molecule has 0 aliphatic heterocycles. The number of unbranched alkanes of at least 4 members (excludes halogenated alkanes) is 1. The molecule has 0 aliphatic rings. The Balaban J connectivity index is 4.81. The summed E-state index contributed by atoms with van der Waals surface area (Å²) in [6.45, 7) is -0.724. The molecule has 0 saturated carbocycles. The van der Waals surface area contributed by atoms with Crippen molar-refractivity contribution in [2.45, 2.75) is 55.7 Å². The van der Waals surface area contributed by atoms with Gasteiger partial charge in [0, 0.05) is 6.42 Å². The van der Waals surface area contributed by atoms with E-state index in [0.717, 1.165) is 0 Å². The largest absolute Gasteiger partial charge is 0.460 e. The highest BCUT2D eigenvalue weighted by Gasteiger charge is 2.81. The van der Waals surface area contributed by atoms with Crippen LogP contribution in [0.25, 0.3) is 0 Å². The molecule has 1 atom stereocenters. The second-order valence-corrected chi connectivity index (χ2v) is 4.43. The number of halogens is 9. The number of hydrogen-bond acceptors (Lipinski definition) is 2. The fraction of sp³-hybridized carbons (Fsp3) is 1.00. The van der Waals surface area contributed by atoms with Crippen LogP contribution in [0.3, 0.4) is 0 Å². The van der Waals surface area contributed by atoms with Gasteiger partial charge < -0.3 is 10.2 Å². The third kappa shape index (κ3) is 4.38. The predicted octanol–water partition coefficient (Wildman–Crippen LogP) is 3.37. The summed E-state index contributed by atoms with van der Waals surface area (Å²) in [5.41, 5.74) is 0. The lowest BCUT2D eigenvalue weighted by Crippen LogP contribution is -2.60. The van der Waals surface area contributed by atoms with Crippen molar-refractivity contribution >= 4 is 0 Å². The van der Waals surface area contributed by atoms with Gasteiger partial charge in [-0.25, -0.2) is 0 Å². The standard InChI is InChI=1S/C10H13F9O2/c11-7(12,4-2-1-3-6(21)5-20)8(13,14)9(15,16)10(17,18)19/h6,20-21H,1-5H2. The zero-order chi connectivity index (χ0) is 17.1. The second kappa shape index (κ2) is 6.59. The quantitative estimate of drug-likeness (QED) is 0.527. The lowest BCUT2D eigenvalue weighted by atomic mass is 9.98. The topological polar surface area (TPSA) is 40.5 Å². The van der Waals surface area contributed by atoms with Gasteiger partial charge in [-0.3, -0.25) is 0 Å². The third-order valence-electron chi connectivity index (χ3n) is 2.70. The Morgan fingerprint density at radius 3 is 1.62 bits per heavy atom. The number of rotatable bonds is 8. The minimum Gasteiger partial charge on any atom is -0.394 e. The zero-order valence-corrected chi connectivity index (χ0v) is 10.4. The van der Waals surface area contributed by atoms with Crippen LogP contribution in [0.2, 0.25) is 0 Å². The van der Waals surface area contributed by atoms with Gasteiger partial charge in [-0.1, -0.05) is 6.42 Å². The molecule has 0 aromatic carbocycles. The molecule has 0 spiro atoms. The second-order valence-electron chi connectivity index (χ2n) is 4.43. The Morgan fingerprint density at radius 2 is 1.24 bits per heavy atom. The predicted molar refractivity (Wildman–Crippen MR) is 52.5 cm³/mol. The van der Waals surface area contributed by atoms with Crippen molar-refractivity contribution in [2.75, 3.05) is 6.61 Å². The maximum atomic E-state index is 13.0. The summed E-state index contributed by atoms with van der Waals surface area (Å²) in [5, 5.41) is 17.2. The molecule has 11 heteroatoms. The molecule has 2 N–H and O–H groups in total. The van der Waals surface area contributed by atoms with E-state index in [-0.39, 0.29) is 12.8 Å². The number of hydrogen-bond donors (Lipinski definition) is 2. The molecule has 0 bridgehead atoms. The van der Waals surface area contributed by atoms with E-state index >= 15 is 0 Å². The summed E-state index contributed by atoms with van der Waals surface area (Å²) in [7, 11) is 0. The van der Waals surface area contributed by atoms with Gasteiger partial charge in [0.2, 0.25) is 0 Å². The SMILES string of the molecule is OCC(O)CCCCC(F)(F)C(F)(F)C(F)(F)C(F)(F)F. The van der Waals surface area contributed by atoms with Gasteiger partial charge in [-0.05, 0) is 12.8 Å². The first kappa shape index (κ1) is 20.3. The van der Waals surface area contributed by atoms with Crippen LogP contribution in [-0.2, 0) is 0 Å². The van der Waals surface area contributed by atoms with E-state index in [2.05, 4.69) is 0 Å². The normalized spacial score (nSPS) is 16.1. The lowest BCUT2D eigenvalue weighted by molar-refractivity contribution is -0.396. The Hall–Kier alpha value is -0.710. The van der Waals surface area contributed by atoms with Crippen LogP contribution in [0.4, 0.5) is 39.5 Å². The number of aliphatic hydroxyl groups excluding tert-OH is 2. The number of alkyl halides is 9. The van der Waals surface area contributed by atoms with Gasteiger partial charge in [-0.2, -0.15) is 39.5 Å². The van der Waals surface area contributed by atoms with Crippen LogP contribution in [-0.4, -0.2) is 46.9 Å². The zero-order valence-electron chi connectivity index (χ0n) is 10.4. The Kier molecular flexibility index (Phi) is 6.37. The van der Waals surface area contributed by atoms with Crippen LogP contribution >= 0.6 is 0 Å². The first-order valence-electron chi connectivity index (χ1n) is 5.70. The van der Waals surface area contributed by atoms with Gasteiger partial charge in [0.15, 0.2) is 0 Å². The summed E-state index contributed by atoms with van der Waals surface area (Å²) >= 11 is 0. The summed E-state index contributed by atoms with van der Waals surface area (Å²) < 4.78 is 112. The minimum absolute atomic E-state index is 0.284. The van der Waals surface area contributed by atoms with Crippen LogP contribution in [0, 0.1) is 0 Å². The number of aliphatic hydroxyl groups is 2. The van der Waals surface area contributed by atoms with Crippen LogP contribution < -0.4 is 0 Å². The molecule has 128 valence electrons. The molecule has 0 rings (SSSR count). The molecule has 0 aromatic heterocycles. The van der Waals surface area contributed by atoms with E-state index in [1.807, 2.05) is 0 Å². The molecule has 0 radical (unpaired) electrons. The van der Waals surface area contributed by atoms with Crippen molar-refractivity contribution in [1.82, 2.24) is 0 Å². The smallest absolute Gasteiger partial charge is 0.394 e. The van der Waals surface area contributed by atoms with Crippen LogP contribution in [0.1, 0.15) is 25.7 Å². The molecular formula is C10H13F9O2. The Morgan fingerprint density at radius 1 is 0.762 bits per heavy atom. The Bertz CT molecular complexity index is 327. The highest BCUT2D eigenvalue weighted by Crippen LogP contribution is 2.54. The van der Waals surface area contributed by atoms with Crippen LogP contribution in [0.15, 0.2) is 0 Å². The monoisotopic (exact) mass is 336 g/mol. The summed E-state index contributed by atoms with van der Waals surface area (Å²) in [6, 6.07) is 0. The average molecular weight is 336 g/mol. The first-order valence-corrected chi connectivity index (χ1v) is 5.70. The van der Waals surface area contributed by atoms with Crippen molar-refractivity contribution in [1.29, 1.82) is 0 Å². The fourth-order valence-electron chi connectivity index (χ4n) is 1.38. The van der Waals surface area contributed by atoms with Gasteiger partial charge in [-0.15, -0.1) is 0 Å². The maximum Gasteiger partial charge on any atom is 0.460 e. The molecule has 21 heavy (non-hydrogen) atoms. The molecule has 2 nitrogen and oxygen atoms in total. The molecule has 0 aliphatic carbocycles. The summed E-state index contributed by atoms with van der Waals surface area (Å²) in [5.74, 6) is -19.0. The van der Waals surface area contributed by atoms with E-state index in [1.165, 1.54) is 0 Å². The van der Waals surface area contributed by atoms with Crippen molar-refractivity contribution < 1.29 is 49.7 Å². The van der Waals surface area contributed by atoms with E-state index in [0.29, 0.717) is 0 Å². The summed E-state index contributed by atoms with van der Waals surface area (Å²) in [4.78, 5) is 0. The van der Waals surface area contributed by atoms with E-state index in [9.17, 15) is 39.5 Å². The van der Waals surface area contributed by atoms with Crippen molar-refractivity contribution in [3.8, 4) is 0 Å². The van der Waals surface area contributed by atoms with Crippen molar-refractivity contribution in [3.05, 3.63) is 0 Å². The molecule has 0 heterocycles. The maximum absolute atomic E-state index is 13.0. The van der Waals surface area contributed by atoms with Crippen LogP contribution in [0.5, 0.6) is 0 Å². The fourth-order valence-corrected chi connectivity index (χ4v) is 1.38. The Labute approximate surface area is 113 Å². The third-order valence-corrected chi connectivity index (χ3v) is 2.70. The van der Waals surface area contributed by atoms with Crippen molar-refractivity contribution in [2.24, 2.45) is 0 Å². The highest BCUT2D eigenvalue weighted by molar-refractivity contribution is 5.00.